The Balaban J connectivity index is 1.47. The summed E-state index contributed by atoms with van der Waals surface area (Å²) in [6, 6.07) is 16.6. The molecule has 0 N–H and O–H groups in total. The van der Waals surface area contributed by atoms with Crippen LogP contribution in [-0.4, -0.2) is 32.2 Å². The molecule has 1 saturated heterocycles. The molecule has 1 aliphatic rings. The van der Waals surface area contributed by atoms with Crippen molar-refractivity contribution in [3.63, 3.8) is 0 Å². The van der Waals surface area contributed by atoms with E-state index in [9.17, 15) is 4.39 Å². The second-order valence-corrected chi connectivity index (χ2v) is 7.02. The summed E-state index contributed by atoms with van der Waals surface area (Å²) >= 11 is 0. The zero-order valence-electron chi connectivity index (χ0n) is 16.6. The summed E-state index contributed by atoms with van der Waals surface area (Å²) in [5, 5.41) is 0. The van der Waals surface area contributed by atoms with Crippen molar-refractivity contribution < 1.29 is 13.9 Å². The fraction of sp³-hybridized carbons (Fsp3) is 0.261. The quantitative estimate of drug-likeness (QED) is 0.561. The highest BCUT2D eigenvalue weighted by Crippen LogP contribution is 2.30. The molecule has 1 aromatic heterocycles. The van der Waals surface area contributed by atoms with Crippen molar-refractivity contribution in [3.05, 3.63) is 66.6 Å². The molecule has 3 aromatic rings. The van der Waals surface area contributed by atoms with Crippen LogP contribution in [0.15, 0.2) is 60.8 Å². The van der Waals surface area contributed by atoms with E-state index < -0.39 is 5.82 Å². The highest BCUT2D eigenvalue weighted by Gasteiger charge is 2.13. The minimum Gasteiger partial charge on any atom is -0.494 e. The summed E-state index contributed by atoms with van der Waals surface area (Å²) in [7, 11) is 3.32. The fourth-order valence-electron chi connectivity index (χ4n) is 3.48. The smallest absolute Gasteiger partial charge is 0.165 e. The number of benzene rings is 2. The molecule has 1 aliphatic heterocycles. The van der Waals surface area contributed by atoms with Crippen molar-refractivity contribution in [2.75, 3.05) is 37.0 Å². The average molecular weight is 393 g/mol. The van der Waals surface area contributed by atoms with Crippen molar-refractivity contribution in [1.82, 2.24) is 4.98 Å². The van der Waals surface area contributed by atoms with Gasteiger partial charge in [0, 0.05) is 43.6 Å². The van der Waals surface area contributed by atoms with Crippen LogP contribution >= 0.6 is 0 Å². The Bertz CT molecular complexity index is 972. The number of halogens is 1. The topological polar surface area (TPSA) is 37.8 Å². The van der Waals surface area contributed by atoms with Crippen LogP contribution in [-0.2, 0) is 0 Å². The molecule has 2 heterocycles. The number of rotatable bonds is 6. The van der Waals surface area contributed by atoms with Gasteiger partial charge in [-0.2, -0.15) is 0 Å². The predicted molar refractivity (Wildman–Crippen MR) is 113 cm³/mol. The minimum atomic E-state index is -0.391. The molecule has 0 bridgehead atoms. The first kappa shape index (κ1) is 19.1. The first-order valence-corrected chi connectivity index (χ1v) is 9.70. The van der Waals surface area contributed by atoms with Crippen LogP contribution in [0.25, 0.3) is 0 Å². The van der Waals surface area contributed by atoms with Crippen LogP contribution in [0.3, 0.4) is 0 Å². The molecular weight excluding hydrogens is 369 g/mol. The van der Waals surface area contributed by atoms with E-state index >= 15 is 0 Å². The molecule has 0 radical (unpaired) electrons. The number of hydrogen-bond donors (Lipinski definition) is 0. The largest absolute Gasteiger partial charge is 0.494 e. The molecule has 2 aromatic carbocycles. The molecule has 150 valence electrons. The predicted octanol–water partition coefficient (Wildman–Crippen LogP) is 5.39. The van der Waals surface area contributed by atoms with E-state index in [2.05, 4.69) is 22.0 Å². The summed E-state index contributed by atoms with van der Waals surface area (Å²) in [6.07, 6.45) is 4.17. The Morgan fingerprint density at radius 1 is 1.00 bits per heavy atom. The van der Waals surface area contributed by atoms with E-state index in [1.54, 1.807) is 18.3 Å². The molecule has 0 atom stereocenters. The van der Waals surface area contributed by atoms with Gasteiger partial charge in [0.25, 0.3) is 0 Å². The zero-order chi connectivity index (χ0) is 20.2. The second-order valence-electron chi connectivity index (χ2n) is 7.02. The number of hydrogen-bond acceptors (Lipinski definition) is 5. The molecule has 0 amide bonds. The third-order valence-corrected chi connectivity index (χ3v) is 5.11. The third kappa shape index (κ3) is 4.26. The standard InChI is InChI=1S/C23H24FN3O2/c1-26(17-8-10-21(24)22(15-17)28-2)23-11-9-20(16-25-23)29-19-7-5-6-18(14-19)27-12-3-4-13-27/h5-11,14-16H,3-4,12-13H2,1-2H3. The molecule has 6 heteroatoms. The maximum absolute atomic E-state index is 13.6. The van der Waals surface area contributed by atoms with Gasteiger partial charge in [0.1, 0.15) is 17.3 Å². The van der Waals surface area contributed by atoms with Crippen LogP contribution in [0.2, 0.25) is 0 Å². The second kappa shape index (κ2) is 8.39. The molecule has 1 fully saturated rings. The van der Waals surface area contributed by atoms with Crippen molar-refractivity contribution in [3.8, 4) is 17.2 Å². The van der Waals surface area contributed by atoms with Crippen molar-refractivity contribution >= 4 is 17.2 Å². The number of aromatic nitrogens is 1. The Labute approximate surface area is 170 Å². The van der Waals surface area contributed by atoms with Crippen LogP contribution in [0.4, 0.5) is 21.6 Å². The van der Waals surface area contributed by atoms with Crippen LogP contribution < -0.4 is 19.3 Å². The van der Waals surface area contributed by atoms with Gasteiger partial charge in [-0.25, -0.2) is 9.37 Å². The molecular formula is C23H24FN3O2. The Morgan fingerprint density at radius 3 is 2.55 bits per heavy atom. The third-order valence-electron chi connectivity index (χ3n) is 5.11. The normalized spacial score (nSPS) is 13.4. The summed E-state index contributed by atoms with van der Waals surface area (Å²) in [6.45, 7) is 2.19. The summed E-state index contributed by atoms with van der Waals surface area (Å²) in [5.41, 5.74) is 1.97. The van der Waals surface area contributed by atoms with Gasteiger partial charge < -0.3 is 19.3 Å². The molecule has 5 nitrogen and oxygen atoms in total. The first-order valence-electron chi connectivity index (χ1n) is 9.70. The van der Waals surface area contributed by atoms with Gasteiger partial charge in [-0.05, 0) is 49.2 Å². The van der Waals surface area contributed by atoms with Crippen LogP contribution in [0.1, 0.15) is 12.8 Å². The maximum atomic E-state index is 13.6. The van der Waals surface area contributed by atoms with Gasteiger partial charge in [0.15, 0.2) is 11.6 Å². The van der Waals surface area contributed by atoms with E-state index in [0.29, 0.717) is 5.75 Å². The lowest BCUT2D eigenvalue weighted by Crippen LogP contribution is -2.17. The Morgan fingerprint density at radius 2 is 1.83 bits per heavy atom. The lowest BCUT2D eigenvalue weighted by Gasteiger charge is -2.20. The maximum Gasteiger partial charge on any atom is 0.165 e. The van der Waals surface area contributed by atoms with Gasteiger partial charge in [0.05, 0.1) is 13.3 Å². The van der Waals surface area contributed by atoms with Gasteiger partial charge in [-0.3, -0.25) is 0 Å². The van der Waals surface area contributed by atoms with E-state index in [1.807, 2.05) is 36.2 Å². The molecule has 0 saturated carbocycles. The van der Waals surface area contributed by atoms with E-state index in [0.717, 1.165) is 30.3 Å². The molecule has 0 aliphatic carbocycles. The number of pyridine rings is 1. The van der Waals surface area contributed by atoms with Gasteiger partial charge >= 0.3 is 0 Å². The SMILES string of the molecule is COc1cc(N(C)c2ccc(Oc3cccc(N4CCCC4)c3)cn2)ccc1F. The number of anilines is 3. The monoisotopic (exact) mass is 393 g/mol. The number of nitrogens with zero attached hydrogens (tertiary/aromatic N) is 3. The molecule has 4 rings (SSSR count). The van der Waals surface area contributed by atoms with E-state index in [1.165, 1.54) is 31.7 Å². The molecule has 0 spiro atoms. The average Bonchev–Trinajstić information content (AvgIpc) is 3.29. The van der Waals surface area contributed by atoms with Crippen molar-refractivity contribution in [2.45, 2.75) is 12.8 Å². The Kier molecular flexibility index (Phi) is 5.51. The lowest BCUT2D eigenvalue weighted by atomic mass is 10.2. The first-order chi connectivity index (χ1) is 14.1. The lowest BCUT2D eigenvalue weighted by molar-refractivity contribution is 0.386. The van der Waals surface area contributed by atoms with E-state index in [4.69, 9.17) is 9.47 Å². The van der Waals surface area contributed by atoms with Gasteiger partial charge in [-0.15, -0.1) is 0 Å². The zero-order valence-corrected chi connectivity index (χ0v) is 16.6. The fourth-order valence-corrected chi connectivity index (χ4v) is 3.48. The summed E-state index contributed by atoms with van der Waals surface area (Å²) in [5.74, 6) is 1.99. The number of ether oxygens (including phenoxy) is 2. The molecule has 0 unspecified atom stereocenters. The minimum absolute atomic E-state index is 0.201. The van der Waals surface area contributed by atoms with Gasteiger partial charge in [0.2, 0.25) is 0 Å². The summed E-state index contributed by atoms with van der Waals surface area (Å²) < 4.78 is 24.7. The van der Waals surface area contributed by atoms with Crippen molar-refractivity contribution in [1.29, 1.82) is 0 Å². The highest BCUT2D eigenvalue weighted by atomic mass is 19.1. The Hall–Kier alpha value is -3.28. The number of methoxy groups -OCH3 is 1. The van der Waals surface area contributed by atoms with Crippen LogP contribution in [0, 0.1) is 5.82 Å². The van der Waals surface area contributed by atoms with Crippen LogP contribution in [0.5, 0.6) is 17.2 Å². The van der Waals surface area contributed by atoms with E-state index in [-0.39, 0.29) is 5.75 Å². The highest BCUT2D eigenvalue weighted by molar-refractivity contribution is 5.61. The van der Waals surface area contributed by atoms with Gasteiger partial charge in [-0.1, -0.05) is 6.07 Å². The van der Waals surface area contributed by atoms with Crippen molar-refractivity contribution in [2.24, 2.45) is 0 Å². The molecule has 29 heavy (non-hydrogen) atoms. The summed E-state index contributed by atoms with van der Waals surface area (Å²) in [4.78, 5) is 8.72.